The molecule has 1 saturated heterocycles. The Labute approximate surface area is 244 Å². The fourth-order valence-corrected chi connectivity index (χ4v) is 4.86. The topological polar surface area (TPSA) is 114 Å². The molecule has 5 rings (SSSR count). The molecule has 9 heteroatoms. The van der Waals surface area contributed by atoms with Gasteiger partial charge in [0.15, 0.2) is 11.5 Å². The monoisotopic (exact) mass is 566 g/mol. The smallest absolute Gasteiger partial charge is 0.410 e. The van der Waals surface area contributed by atoms with E-state index in [4.69, 9.17) is 9.15 Å². The van der Waals surface area contributed by atoms with Crippen LogP contribution in [0.15, 0.2) is 89.5 Å². The molecule has 9 nitrogen and oxygen atoms in total. The van der Waals surface area contributed by atoms with E-state index in [9.17, 15) is 14.4 Å². The third-order valence-electron chi connectivity index (χ3n) is 7.34. The second-order valence-electron chi connectivity index (χ2n) is 10.4. The van der Waals surface area contributed by atoms with E-state index in [1.807, 2.05) is 73.7 Å². The Morgan fingerprint density at radius 3 is 2.36 bits per heavy atom. The molecule has 0 aliphatic carbocycles. The van der Waals surface area contributed by atoms with Crippen molar-refractivity contribution in [3.8, 4) is 22.8 Å². The number of likely N-dealkylation sites (tertiary alicyclic amines) is 1. The summed E-state index contributed by atoms with van der Waals surface area (Å²) in [5, 5.41) is 6.19. The van der Waals surface area contributed by atoms with Gasteiger partial charge in [-0.2, -0.15) is 0 Å². The maximum absolute atomic E-state index is 12.9. The van der Waals surface area contributed by atoms with Crippen LogP contribution in [0.1, 0.15) is 32.3 Å². The molecule has 216 valence electrons. The Balaban J connectivity index is 1.13. The zero-order valence-corrected chi connectivity index (χ0v) is 23.7. The zero-order valence-electron chi connectivity index (χ0n) is 23.7. The average Bonchev–Trinajstić information content (AvgIpc) is 3.71. The molecule has 4 aromatic rings. The van der Waals surface area contributed by atoms with Crippen LogP contribution in [0, 0.1) is 5.92 Å². The summed E-state index contributed by atoms with van der Waals surface area (Å²) in [5.41, 5.74) is 4.08. The van der Waals surface area contributed by atoms with Gasteiger partial charge in [0.25, 0.3) is 0 Å². The van der Waals surface area contributed by atoms with Crippen LogP contribution < -0.4 is 10.6 Å². The van der Waals surface area contributed by atoms with E-state index in [2.05, 4.69) is 15.6 Å². The van der Waals surface area contributed by atoms with E-state index < -0.39 is 6.09 Å². The summed E-state index contributed by atoms with van der Waals surface area (Å²) in [6.07, 6.45) is 2.57. The van der Waals surface area contributed by atoms with E-state index in [0.717, 1.165) is 28.8 Å². The summed E-state index contributed by atoms with van der Waals surface area (Å²) < 4.78 is 11.4. The van der Waals surface area contributed by atoms with Crippen LogP contribution in [0.25, 0.3) is 22.8 Å². The Kier molecular flexibility index (Phi) is 8.96. The molecule has 1 aromatic heterocycles. The summed E-state index contributed by atoms with van der Waals surface area (Å²) in [6.45, 7) is 4.57. The standard InChI is InChI=1S/C33H34N4O5/c1-3-29(22(2)38)35-27-13-9-24(10-14-27)30-19-34-32(42-30)25-11-15-28(16-12-25)36-31(39)26-17-18-37(20-26)33(40)41-21-23-7-5-4-6-8-23/h4-16,19,26,29,35H,3,17-18,20-21H2,1-2H3,(H,36,39). The molecule has 0 bridgehead atoms. The normalized spacial score (nSPS) is 15.2. The highest BCUT2D eigenvalue weighted by molar-refractivity contribution is 5.93. The Morgan fingerprint density at radius 2 is 1.67 bits per heavy atom. The van der Waals surface area contributed by atoms with Gasteiger partial charge in [0.1, 0.15) is 6.61 Å². The van der Waals surface area contributed by atoms with Gasteiger partial charge in [-0.3, -0.25) is 9.59 Å². The number of oxazole rings is 1. The number of nitrogens with zero attached hydrogens (tertiary/aromatic N) is 2. The molecular weight excluding hydrogens is 532 g/mol. The minimum absolute atomic E-state index is 0.106. The number of carbonyl (C=O) groups excluding carboxylic acids is 3. The summed E-state index contributed by atoms with van der Waals surface area (Å²) in [4.78, 5) is 43.0. The fourth-order valence-electron chi connectivity index (χ4n) is 4.86. The molecule has 0 radical (unpaired) electrons. The minimum atomic E-state index is -0.408. The Bertz CT molecular complexity index is 1520. The minimum Gasteiger partial charge on any atom is -0.445 e. The van der Waals surface area contributed by atoms with Crippen molar-refractivity contribution in [2.24, 2.45) is 5.92 Å². The van der Waals surface area contributed by atoms with Crippen molar-refractivity contribution in [2.75, 3.05) is 23.7 Å². The molecule has 2 amide bonds. The number of hydrogen-bond donors (Lipinski definition) is 2. The van der Waals surface area contributed by atoms with Crippen LogP contribution >= 0.6 is 0 Å². The van der Waals surface area contributed by atoms with Crippen molar-refractivity contribution in [3.63, 3.8) is 0 Å². The number of amides is 2. The van der Waals surface area contributed by atoms with Crippen LogP contribution in [0.5, 0.6) is 0 Å². The third kappa shape index (κ3) is 7.04. The number of benzene rings is 3. The predicted molar refractivity (Wildman–Crippen MR) is 161 cm³/mol. The lowest BCUT2D eigenvalue weighted by Gasteiger charge is -2.16. The number of hydrogen-bond acceptors (Lipinski definition) is 7. The van der Waals surface area contributed by atoms with E-state index in [1.54, 1.807) is 30.2 Å². The van der Waals surface area contributed by atoms with Crippen molar-refractivity contribution in [1.29, 1.82) is 0 Å². The van der Waals surface area contributed by atoms with Gasteiger partial charge < -0.3 is 24.7 Å². The van der Waals surface area contributed by atoms with Gasteiger partial charge in [-0.05, 0) is 73.9 Å². The first-order valence-electron chi connectivity index (χ1n) is 14.1. The molecule has 0 spiro atoms. The summed E-state index contributed by atoms with van der Waals surface area (Å²) >= 11 is 0. The number of rotatable bonds is 10. The third-order valence-corrected chi connectivity index (χ3v) is 7.34. The first-order chi connectivity index (χ1) is 20.4. The Hall–Kier alpha value is -4.92. The van der Waals surface area contributed by atoms with Gasteiger partial charge in [-0.15, -0.1) is 0 Å². The van der Waals surface area contributed by atoms with Gasteiger partial charge in [-0.1, -0.05) is 37.3 Å². The Morgan fingerprint density at radius 1 is 0.976 bits per heavy atom. The van der Waals surface area contributed by atoms with Gasteiger partial charge in [0, 0.05) is 35.6 Å². The van der Waals surface area contributed by atoms with Crippen molar-refractivity contribution in [3.05, 3.63) is 90.6 Å². The highest BCUT2D eigenvalue weighted by Crippen LogP contribution is 2.28. The van der Waals surface area contributed by atoms with Gasteiger partial charge >= 0.3 is 6.09 Å². The summed E-state index contributed by atoms with van der Waals surface area (Å²) in [7, 11) is 0. The number of aromatic nitrogens is 1. The predicted octanol–water partition coefficient (Wildman–Crippen LogP) is 6.39. The number of ether oxygens (including phenoxy) is 1. The van der Waals surface area contributed by atoms with E-state index in [1.165, 1.54) is 0 Å². The quantitative estimate of drug-likeness (QED) is 0.229. The molecule has 1 aliphatic rings. The number of carbonyl (C=O) groups is 3. The lowest BCUT2D eigenvalue weighted by atomic mass is 10.1. The molecule has 42 heavy (non-hydrogen) atoms. The molecule has 0 saturated carbocycles. The lowest BCUT2D eigenvalue weighted by molar-refractivity contribution is -0.119. The molecular formula is C33H34N4O5. The second kappa shape index (κ2) is 13.2. The maximum atomic E-state index is 12.9. The maximum Gasteiger partial charge on any atom is 0.410 e. The molecule has 1 fully saturated rings. The molecule has 2 unspecified atom stereocenters. The second-order valence-corrected chi connectivity index (χ2v) is 10.4. The molecule has 2 N–H and O–H groups in total. The van der Waals surface area contributed by atoms with Crippen molar-refractivity contribution in [2.45, 2.75) is 39.3 Å². The summed E-state index contributed by atoms with van der Waals surface area (Å²) in [6, 6.07) is 24.3. The summed E-state index contributed by atoms with van der Waals surface area (Å²) in [5.74, 6) is 0.758. The molecule has 2 heterocycles. The van der Waals surface area contributed by atoms with Crippen LogP contribution in [0.2, 0.25) is 0 Å². The molecule has 3 aromatic carbocycles. The largest absolute Gasteiger partial charge is 0.445 e. The number of anilines is 2. The highest BCUT2D eigenvalue weighted by atomic mass is 16.6. The van der Waals surface area contributed by atoms with Crippen LogP contribution in [-0.4, -0.2) is 46.8 Å². The molecule has 2 atom stereocenters. The first kappa shape index (κ1) is 28.6. The van der Waals surface area contributed by atoms with Crippen LogP contribution in [0.3, 0.4) is 0 Å². The van der Waals surface area contributed by atoms with Crippen LogP contribution in [0.4, 0.5) is 16.2 Å². The van der Waals surface area contributed by atoms with Gasteiger partial charge in [0.05, 0.1) is 18.2 Å². The van der Waals surface area contributed by atoms with Crippen LogP contribution in [-0.2, 0) is 20.9 Å². The van der Waals surface area contributed by atoms with Gasteiger partial charge in [0.2, 0.25) is 11.8 Å². The first-order valence-corrected chi connectivity index (χ1v) is 14.1. The zero-order chi connectivity index (χ0) is 29.5. The van der Waals surface area contributed by atoms with Crippen molar-refractivity contribution >= 4 is 29.2 Å². The van der Waals surface area contributed by atoms with Crippen molar-refractivity contribution < 1.29 is 23.5 Å². The van der Waals surface area contributed by atoms with E-state index in [-0.39, 0.29) is 30.3 Å². The fraction of sp³-hybridized carbons (Fsp3) is 0.273. The molecule has 1 aliphatic heterocycles. The van der Waals surface area contributed by atoms with E-state index in [0.29, 0.717) is 36.8 Å². The number of ketones is 1. The van der Waals surface area contributed by atoms with E-state index >= 15 is 0 Å². The highest BCUT2D eigenvalue weighted by Gasteiger charge is 2.32. The lowest BCUT2D eigenvalue weighted by Crippen LogP contribution is -2.31. The number of Topliss-reactive ketones (excluding diaryl/α,β-unsaturated/α-hetero) is 1. The average molecular weight is 567 g/mol. The SMILES string of the molecule is CCC(Nc1ccc(-c2cnc(-c3ccc(NC(=O)C4CCN(C(=O)OCc5ccccc5)C4)cc3)o2)cc1)C(C)=O. The van der Waals surface area contributed by atoms with Gasteiger partial charge in [-0.25, -0.2) is 9.78 Å². The number of nitrogens with one attached hydrogen (secondary N) is 2. The van der Waals surface area contributed by atoms with Crippen molar-refractivity contribution in [1.82, 2.24) is 9.88 Å².